The van der Waals surface area contributed by atoms with Crippen LogP contribution >= 0.6 is 27.5 Å². The predicted molar refractivity (Wildman–Crippen MR) is 106 cm³/mol. The van der Waals surface area contributed by atoms with E-state index in [1.165, 1.54) is 0 Å². The largest absolute Gasteiger partial charge is 0.367 e. The lowest BCUT2D eigenvalue weighted by molar-refractivity contribution is 0.859. The van der Waals surface area contributed by atoms with E-state index in [2.05, 4.69) is 25.8 Å². The van der Waals surface area contributed by atoms with Gasteiger partial charge in [-0.15, -0.1) is 0 Å². The zero-order valence-electron chi connectivity index (χ0n) is 13.6. The van der Waals surface area contributed by atoms with Crippen molar-refractivity contribution in [1.29, 1.82) is 0 Å². The highest BCUT2D eigenvalue weighted by Crippen LogP contribution is 2.38. The summed E-state index contributed by atoms with van der Waals surface area (Å²) in [7, 11) is 0. The molecular formula is C19H18BrClN2O. The van der Waals surface area contributed by atoms with Crippen LogP contribution in [0.2, 0.25) is 5.02 Å². The van der Waals surface area contributed by atoms with Gasteiger partial charge in [-0.05, 0) is 38.1 Å². The number of fused-ring (bicyclic) bond motifs is 1. The van der Waals surface area contributed by atoms with Gasteiger partial charge < -0.3 is 9.88 Å². The molecule has 1 aromatic heterocycles. The molecule has 3 aromatic rings. The van der Waals surface area contributed by atoms with Crippen LogP contribution in [0.4, 0.5) is 5.69 Å². The average molecular weight is 406 g/mol. The van der Waals surface area contributed by atoms with E-state index in [9.17, 15) is 4.79 Å². The Bertz CT molecular complexity index is 948. The Hall–Kier alpha value is -1.78. The highest BCUT2D eigenvalue weighted by Gasteiger charge is 2.20. The Morgan fingerprint density at radius 2 is 1.83 bits per heavy atom. The fourth-order valence-corrected chi connectivity index (χ4v) is 3.62. The number of halogens is 2. The van der Waals surface area contributed by atoms with Gasteiger partial charge in [0.1, 0.15) is 5.69 Å². The van der Waals surface area contributed by atoms with Gasteiger partial charge in [0.25, 0.3) is 5.56 Å². The van der Waals surface area contributed by atoms with Crippen molar-refractivity contribution in [2.45, 2.75) is 13.8 Å². The van der Waals surface area contributed by atoms with Crippen LogP contribution < -0.4 is 10.5 Å². The molecule has 0 amide bonds. The monoisotopic (exact) mass is 404 g/mol. The van der Waals surface area contributed by atoms with Gasteiger partial charge in [-0.1, -0.05) is 45.7 Å². The second-order valence-corrected chi connectivity index (χ2v) is 6.84. The van der Waals surface area contributed by atoms with Gasteiger partial charge in [0.05, 0.1) is 0 Å². The molecule has 0 aliphatic carbocycles. The zero-order valence-corrected chi connectivity index (χ0v) is 15.9. The number of aromatic nitrogens is 1. The minimum atomic E-state index is -0.0940. The van der Waals surface area contributed by atoms with Crippen LogP contribution in [0.1, 0.15) is 13.8 Å². The first-order chi connectivity index (χ1) is 11.6. The Labute approximate surface area is 154 Å². The van der Waals surface area contributed by atoms with E-state index in [0.717, 1.165) is 39.6 Å². The van der Waals surface area contributed by atoms with Gasteiger partial charge in [-0.3, -0.25) is 4.79 Å². The first-order valence-corrected chi connectivity index (χ1v) is 9.09. The van der Waals surface area contributed by atoms with Crippen LogP contribution in [0.5, 0.6) is 0 Å². The van der Waals surface area contributed by atoms with Crippen LogP contribution in [0.3, 0.4) is 0 Å². The summed E-state index contributed by atoms with van der Waals surface area (Å²) in [5, 5.41) is 1.61. The summed E-state index contributed by atoms with van der Waals surface area (Å²) in [5.74, 6) is 0. The van der Waals surface area contributed by atoms with Gasteiger partial charge in [-0.25, -0.2) is 0 Å². The fraction of sp³-hybridized carbons (Fsp3) is 0.211. The molecule has 3 nitrogen and oxygen atoms in total. The number of benzene rings is 2. The molecule has 0 fully saturated rings. The minimum Gasteiger partial charge on any atom is -0.367 e. The molecule has 0 spiro atoms. The van der Waals surface area contributed by atoms with Crippen molar-refractivity contribution < 1.29 is 0 Å². The summed E-state index contributed by atoms with van der Waals surface area (Å²) in [6.45, 7) is 5.59. The molecule has 1 heterocycles. The van der Waals surface area contributed by atoms with E-state index < -0.39 is 0 Å². The number of rotatable bonds is 4. The first kappa shape index (κ1) is 17.1. The number of hydrogen-bond donors (Lipinski definition) is 1. The molecule has 0 atom stereocenters. The van der Waals surface area contributed by atoms with Crippen LogP contribution in [0, 0.1) is 0 Å². The zero-order chi connectivity index (χ0) is 17.3. The minimum absolute atomic E-state index is 0.0940. The van der Waals surface area contributed by atoms with E-state index in [-0.39, 0.29) is 5.56 Å². The van der Waals surface area contributed by atoms with Crippen molar-refractivity contribution in [3.63, 3.8) is 0 Å². The number of nitrogens with one attached hydrogen (secondary N) is 1. The SMILES string of the molecule is CCN(CC)c1c(-c2ccccc2Cl)c2cc(Br)ccc2[nH]c1=O. The van der Waals surface area contributed by atoms with E-state index in [4.69, 9.17) is 11.6 Å². The van der Waals surface area contributed by atoms with E-state index in [0.29, 0.717) is 10.7 Å². The van der Waals surface area contributed by atoms with Gasteiger partial charge in [0.15, 0.2) is 0 Å². The third kappa shape index (κ3) is 2.96. The van der Waals surface area contributed by atoms with Gasteiger partial charge in [-0.2, -0.15) is 0 Å². The molecule has 2 aromatic carbocycles. The molecule has 124 valence electrons. The Morgan fingerprint density at radius 3 is 2.50 bits per heavy atom. The number of H-pyrrole nitrogens is 1. The van der Waals surface area contributed by atoms with Crippen LogP contribution in [0.15, 0.2) is 51.7 Å². The number of hydrogen-bond acceptors (Lipinski definition) is 2. The van der Waals surface area contributed by atoms with Crippen molar-refractivity contribution in [3.05, 3.63) is 62.3 Å². The second kappa shape index (κ2) is 6.99. The highest BCUT2D eigenvalue weighted by atomic mass is 79.9. The molecule has 24 heavy (non-hydrogen) atoms. The number of anilines is 1. The molecule has 5 heteroatoms. The lowest BCUT2D eigenvalue weighted by Gasteiger charge is -2.24. The van der Waals surface area contributed by atoms with Crippen molar-refractivity contribution in [3.8, 4) is 11.1 Å². The number of nitrogens with zero attached hydrogens (tertiary/aromatic N) is 1. The normalized spacial score (nSPS) is 11.0. The smallest absolute Gasteiger partial charge is 0.272 e. The number of aromatic amines is 1. The number of pyridine rings is 1. The maximum atomic E-state index is 12.8. The maximum absolute atomic E-state index is 12.8. The molecule has 0 aliphatic heterocycles. The first-order valence-electron chi connectivity index (χ1n) is 7.92. The third-order valence-corrected chi connectivity index (χ3v) is 5.00. The van der Waals surface area contributed by atoms with Crippen molar-refractivity contribution in [1.82, 2.24) is 4.98 Å². The standard InChI is InChI=1S/C19H18BrClN2O/c1-3-23(4-2)18-17(13-7-5-6-8-15(13)21)14-11-12(20)9-10-16(14)22-19(18)24/h5-11H,3-4H2,1-2H3,(H,22,24). The average Bonchev–Trinajstić information content (AvgIpc) is 2.57. The van der Waals surface area contributed by atoms with Crippen molar-refractivity contribution >= 4 is 44.1 Å². The topological polar surface area (TPSA) is 36.1 Å². The molecule has 1 N–H and O–H groups in total. The summed E-state index contributed by atoms with van der Waals surface area (Å²) in [6, 6.07) is 13.5. The molecule has 0 bridgehead atoms. The lowest BCUT2D eigenvalue weighted by Crippen LogP contribution is -2.29. The van der Waals surface area contributed by atoms with Crippen LogP contribution in [0.25, 0.3) is 22.0 Å². The Balaban J connectivity index is 2.50. The Kier molecular flexibility index (Phi) is 4.97. The predicted octanol–water partition coefficient (Wildman–Crippen LogP) is 5.46. The van der Waals surface area contributed by atoms with Crippen molar-refractivity contribution in [2.24, 2.45) is 0 Å². The van der Waals surface area contributed by atoms with Gasteiger partial charge >= 0.3 is 0 Å². The summed E-state index contributed by atoms with van der Waals surface area (Å²) >= 11 is 10.0. The summed E-state index contributed by atoms with van der Waals surface area (Å²) in [6.07, 6.45) is 0. The summed E-state index contributed by atoms with van der Waals surface area (Å²) in [5.41, 5.74) is 3.12. The molecular weight excluding hydrogens is 388 g/mol. The molecule has 3 rings (SSSR count). The van der Waals surface area contributed by atoms with Gasteiger partial charge in [0, 0.05) is 44.6 Å². The van der Waals surface area contributed by atoms with Crippen molar-refractivity contribution in [2.75, 3.05) is 18.0 Å². The molecule has 0 unspecified atom stereocenters. The van der Waals surface area contributed by atoms with E-state index >= 15 is 0 Å². The fourth-order valence-electron chi connectivity index (χ4n) is 3.03. The molecule has 0 saturated carbocycles. The molecule has 0 radical (unpaired) electrons. The third-order valence-electron chi connectivity index (χ3n) is 4.17. The van der Waals surface area contributed by atoms with Gasteiger partial charge in [0.2, 0.25) is 0 Å². The second-order valence-electron chi connectivity index (χ2n) is 5.52. The van der Waals surface area contributed by atoms with Crippen LogP contribution in [-0.2, 0) is 0 Å². The van der Waals surface area contributed by atoms with E-state index in [1.54, 1.807) is 0 Å². The van der Waals surface area contributed by atoms with E-state index in [1.807, 2.05) is 56.3 Å². The summed E-state index contributed by atoms with van der Waals surface area (Å²) in [4.78, 5) is 17.9. The lowest BCUT2D eigenvalue weighted by atomic mass is 9.98. The summed E-state index contributed by atoms with van der Waals surface area (Å²) < 4.78 is 0.959. The quantitative estimate of drug-likeness (QED) is 0.626. The van der Waals surface area contributed by atoms with Crippen LogP contribution in [-0.4, -0.2) is 18.1 Å². The molecule has 0 aliphatic rings. The highest BCUT2D eigenvalue weighted by molar-refractivity contribution is 9.10. The molecule has 0 saturated heterocycles. The maximum Gasteiger partial charge on any atom is 0.272 e. The Morgan fingerprint density at radius 1 is 1.12 bits per heavy atom.